The van der Waals surface area contributed by atoms with Crippen LogP contribution in [0.5, 0.6) is 5.75 Å². The molecule has 1 aliphatic heterocycles. The van der Waals surface area contributed by atoms with Crippen LogP contribution in [0.15, 0.2) is 61.1 Å². The minimum atomic E-state index is 0.454. The Hall–Kier alpha value is -3.49. The van der Waals surface area contributed by atoms with Crippen molar-refractivity contribution in [1.29, 1.82) is 0 Å². The summed E-state index contributed by atoms with van der Waals surface area (Å²) in [6.07, 6.45) is 8.07. The van der Waals surface area contributed by atoms with E-state index in [0.717, 1.165) is 80.2 Å². The number of nitrogens with zero attached hydrogens (tertiary/aromatic N) is 6. The molecule has 2 aromatic carbocycles. The molecule has 1 saturated heterocycles. The van der Waals surface area contributed by atoms with Gasteiger partial charge < -0.3 is 15.4 Å². The minimum absolute atomic E-state index is 0.454. The van der Waals surface area contributed by atoms with Crippen LogP contribution in [-0.2, 0) is 6.54 Å². The van der Waals surface area contributed by atoms with Crippen molar-refractivity contribution < 1.29 is 4.74 Å². The molecule has 0 unspecified atom stereocenters. The summed E-state index contributed by atoms with van der Waals surface area (Å²) in [7, 11) is 1.70. The lowest BCUT2D eigenvalue weighted by molar-refractivity contribution is 0.190. The lowest BCUT2D eigenvalue weighted by Crippen LogP contribution is -2.45. The van der Waals surface area contributed by atoms with Crippen LogP contribution in [0.3, 0.4) is 0 Å². The average Bonchev–Trinajstić information content (AvgIpc) is 3.38. The largest absolute Gasteiger partial charge is 0.497 e. The fourth-order valence-electron chi connectivity index (χ4n) is 5.27. The van der Waals surface area contributed by atoms with Crippen molar-refractivity contribution in [3.8, 4) is 17.0 Å². The van der Waals surface area contributed by atoms with E-state index >= 15 is 0 Å². The first-order chi connectivity index (χ1) is 17.7. The van der Waals surface area contributed by atoms with Gasteiger partial charge in [-0.15, -0.1) is 0 Å². The maximum atomic E-state index is 5.78. The van der Waals surface area contributed by atoms with E-state index in [2.05, 4.69) is 61.1 Å². The van der Waals surface area contributed by atoms with E-state index in [1.807, 2.05) is 24.5 Å². The van der Waals surface area contributed by atoms with Gasteiger partial charge in [0.1, 0.15) is 5.75 Å². The first-order valence-corrected chi connectivity index (χ1v) is 12.8. The molecule has 3 heterocycles. The zero-order valence-corrected chi connectivity index (χ0v) is 20.8. The predicted octanol–water partition coefficient (Wildman–Crippen LogP) is 3.73. The molecule has 8 heteroatoms. The highest BCUT2D eigenvalue weighted by molar-refractivity contribution is 5.81. The van der Waals surface area contributed by atoms with Crippen molar-refractivity contribution >= 4 is 16.7 Å². The number of benzene rings is 2. The van der Waals surface area contributed by atoms with Gasteiger partial charge in [0.2, 0.25) is 0 Å². The van der Waals surface area contributed by atoms with Gasteiger partial charge in [-0.2, -0.15) is 5.10 Å². The summed E-state index contributed by atoms with van der Waals surface area (Å²) in [6, 6.07) is 15.2. The number of aromatic nitrogens is 4. The number of hydrogen-bond acceptors (Lipinski definition) is 7. The molecule has 0 bridgehead atoms. The summed E-state index contributed by atoms with van der Waals surface area (Å²) in [5.41, 5.74) is 12.0. The third-order valence-electron chi connectivity index (χ3n) is 7.64. The topological polar surface area (TPSA) is 85.3 Å². The van der Waals surface area contributed by atoms with Crippen molar-refractivity contribution in [1.82, 2.24) is 24.6 Å². The summed E-state index contributed by atoms with van der Waals surface area (Å²) < 4.78 is 7.34. The molecule has 4 aromatic rings. The van der Waals surface area contributed by atoms with E-state index in [9.17, 15) is 0 Å². The van der Waals surface area contributed by atoms with Gasteiger partial charge in [-0.05, 0) is 61.2 Å². The van der Waals surface area contributed by atoms with Gasteiger partial charge in [0, 0.05) is 50.2 Å². The average molecular weight is 484 g/mol. The van der Waals surface area contributed by atoms with Crippen molar-refractivity contribution in [2.75, 3.05) is 44.7 Å². The maximum Gasteiger partial charge on any atom is 0.118 e. The van der Waals surface area contributed by atoms with Gasteiger partial charge in [-0.3, -0.25) is 14.6 Å². The van der Waals surface area contributed by atoms with Crippen molar-refractivity contribution in [2.45, 2.75) is 25.4 Å². The smallest absolute Gasteiger partial charge is 0.118 e. The molecule has 2 aromatic heterocycles. The predicted molar refractivity (Wildman–Crippen MR) is 142 cm³/mol. The van der Waals surface area contributed by atoms with Gasteiger partial charge in [0.25, 0.3) is 0 Å². The third kappa shape index (κ3) is 4.66. The van der Waals surface area contributed by atoms with Crippen LogP contribution in [-0.4, -0.2) is 64.5 Å². The Morgan fingerprint density at radius 1 is 0.972 bits per heavy atom. The Balaban J connectivity index is 1.12. The lowest BCUT2D eigenvalue weighted by atomic mass is 9.80. The van der Waals surface area contributed by atoms with Gasteiger partial charge in [-0.1, -0.05) is 12.1 Å². The molecular formula is C28H33N7O. The first-order valence-electron chi connectivity index (χ1n) is 12.8. The zero-order valence-electron chi connectivity index (χ0n) is 20.8. The number of nitrogens with two attached hydrogens (primary N) is 1. The second-order valence-electron chi connectivity index (χ2n) is 9.98. The lowest BCUT2D eigenvalue weighted by Gasteiger charge is -2.36. The Labute approximate surface area is 211 Å². The summed E-state index contributed by atoms with van der Waals surface area (Å²) >= 11 is 0. The van der Waals surface area contributed by atoms with Crippen molar-refractivity contribution in [3.63, 3.8) is 0 Å². The summed E-state index contributed by atoms with van der Waals surface area (Å²) in [6.45, 7) is 5.77. The fourth-order valence-corrected chi connectivity index (χ4v) is 5.27. The van der Waals surface area contributed by atoms with Crippen LogP contribution in [0, 0.1) is 5.92 Å². The molecule has 1 saturated carbocycles. The molecule has 0 amide bonds. The summed E-state index contributed by atoms with van der Waals surface area (Å²) in [4.78, 5) is 14.6. The molecule has 186 valence electrons. The number of fused-ring (bicyclic) bond motifs is 1. The standard InChI is InChI=1S/C28H33N7O/c1-36-25-5-2-20(3-6-25)18-33-8-10-34(11-9-33)23-4-7-26-27(14-23)32-28(17-30-26)22-16-31-35(19-22)24-12-21(13-24)15-29/h2-7,14,16-17,19,21,24H,8-13,15,18,29H2,1H3. The highest BCUT2D eigenvalue weighted by Gasteiger charge is 2.30. The number of rotatable bonds is 7. The number of ether oxygens (including phenoxy) is 1. The number of methoxy groups -OCH3 is 1. The Morgan fingerprint density at radius 2 is 1.78 bits per heavy atom. The molecule has 8 nitrogen and oxygen atoms in total. The third-order valence-corrected chi connectivity index (χ3v) is 7.64. The molecule has 36 heavy (non-hydrogen) atoms. The summed E-state index contributed by atoms with van der Waals surface area (Å²) in [5, 5.41) is 4.59. The van der Waals surface area contributed by atoms with E-state index < -0.39 is 0 Å². The maximum absolute atomic E-state index is 5.78. The second kappa shape index (κ2) is 9.87. The molecule has 0 radical (unpaired) electrons. The van der Waals surface area contributed by atoms with Crippen LogP contribution >= 0.6 is 0 Å². The number of anilines is 1. The second-order valence-corrected chi connectivity index (χ2v) is 9.98. The Bertz CT molecular complexity index is 1320. The zero-order chi connectivity index (χ0) is 24.5. The van der Waals surface area contributed by atoms with E-state index in [1.54, 1.807) is 7.11 Å². The minimum Gasteiger partial charge on any atom is -0.497 e. The van der Waals surface area contributed by atoms with Gasteiger partial charge >= 0.3 is 0 Å². The van der Waals surface area contributed by atoms with Crippen molar-refractivity contribution in [2.24, 2.45) is 11.7 Å². The quantitative estimate of drug-likeness (QED) is 0.429. The van der Waals surface area contributed by atoms with Crippen molar-refractivity contribution in [3.05, 3.63) is 66.6 Å². The molecule has 0 spiro atoms. The van der Waals surface area contributed by atoms with Crippen LogP contribution in [0.1, 0.15) is 24.4 Å². The summed E-state index contributed by atoms with van der Waals surface area (Å²) in [5.74, 6) is 1.53. The highest BCUT2D eigenvalue weighted by Crippen LogP contribution is 2.37. The molecule has 2 N–H and O–H groups in total. The van der Waals surface area contributed by atoms with Gasteiger partial charge in [-0.25, -0.2) is 4.98 Å². The van der Waals surface area contributed by atoms with Crippen LogP contribution in [0.2, 0.25) is 0 Å². The Morgan fingerprint density at radius 3 is 2.53 bits per heavy atom. The fraction of sp³-hybridized carbons (Fsp3) is 0.393. The number of piperazine rings is 1. The van der Waals surface area contributed by atoms with E-state index in [-0.39, 0.29) is 0 Å². The molecule has 2 aliphatic rings. The SMILES string of the molecule is COc1ccc(CN2CCN(c3ccc4ncc(-c5cnn(C6CC(CN)C6)c5)nc4c3)CC2)cc1. The van der Waals surface area contributed by atoms with Crippen LogP contribution in [0.25, 0.3) is 22.3 Å². The van der Waals surface area contributed by atoms with Crippen LogP contribution < -0.4 is 15.4 Å². The molecule has 2 fully saturated rings. The monoisotopic (exact) mass is 483 g/mol. The van der Waals surface area contributed by atoms with Gasteiger partial charge in [0.15, 0.2) is 0 Å². The van der Waals surface area contributed by atoms with E-state index in [0.29, 0.717) is 12.0 Å². The first kappa shape index (κ1) is 22.9. The molecular weight excluding hydrogens is 450 g/mol. The number of hydrogen-bond donors (Lipinski definition) is 1. The normalized spacial score (nSPS) is 20.4. The van der Waals surface area contributed by atoms with Gasteiger partial charge in [0.05, 0.1) is 42.3 Å². The van der Waals surface area contributed by atoms with E-state index in [4.69, 9.17) is 15.5 Å². The van der Waals surface area contributed by atoms with E-state index in [1.165, 1.54) is 11.3 Å². The van der Waals surface area contributed by atoms with Crippen LogP contribution in [0.4, 0.5) is 5.69 Å². The highest BCUT2D eigenvalue weighted by atomic mass is 16.5. The molecule has 6 rings (SSSR count). The molecule has 1 aliphatic carbocycles. The Kier molecular flexibility index (Phi) is 6.29. The molecule has 0 atom stereocenters.